The van der Waals surface area contributed by atoms with E-state index in [0.29, 0.717) is 28.5 Å². The van der Waals surface area contributed by atoms with E-state index in [0.717, 1.165) is 0 Å². The zero-order valence-corrected chi connectivity index (χ0v) is 20.0. The molecule has 0 radical (unpaired) electrons. The van der Waals surface area contributed by atoms with Crippen molar-refractivity contribution in [2.45, 2.75) is 38.8 Å². The zero-order chi connectivity index (χ0) is 24.4. The van der Waals surface area contributed by atoms with Crippen LogP contribution in [-0.2, 0) is 14.3 Å². The molecule has 10 heteroatoms. The number of amides is 2. The van der Waals surface area contributed by atoms with E-state index in [1.165, 1.54) is 16.8 Å². The van der Waals surface area contributed by atoms with E-state index >= 15 is 0 Å². The van der Waals surface area contributed by atoms with Gasteiger partial charge in [0.05, 0.1) is 0 Å². The van der Waals surface area contributed by atoms with Gasteiger partial charge in [0, 0.05) is 24.3 Å². The zero-order valence-electron chi connectivity index (χ0n) is 19.2. The molecule has 1 aliphatic heterocycles. The molecule has 0 saturated carbocycles. The van der Waals surface area contributed by atoms with Crippen molar-refractivity contribution in [3.05, 3.63) is 41.4 Å². The molecular weight excluding hydrogens is 448 g/mol. The number of nitrogens with one attached hydrogen (secondary N) is 1. The van der Waals surface area contributed by atoms with Crippen molar-refractivity contribution in [3.8, 4) is 5.88 Å². The van der Waals surface area contributed by atoms with Crippen molar-refractivity contribution in [2.24, 2.45) is 0 Å². The lowest BCUT2D eigenvalue weighted by Gasteiger charge is -2.35. The van der Waals surface area contributed by atoms with Gasteiger partial charge in [0.2, 0.25) is 5.88 Å². The average molecular weight is 475 g/mol. The van der Waals surface area contributed by atoms with Gasteiger partial charge in [-0.2, -0.15) is 4.98 Å². The van der Waals surface area contributed by atoms with Crippen LogP contribution in [0, 0.1) is 0 Å². The van der Waals surface area contributed by atoms with Crippen molar-refractivity contribution in [2.75, 3.05) is 30.4 Å². The summed E-state index contributed by atoms with van der Waals surface area (Å²) in [7, 11) is 1.50. The summed E-state index contributed by atoms with van der Waals surface area (Å²) in [6.07, 6.45) is 0.0671. The van der Waals surface area contributed by atoms with Gasteiger partial charge in [-0.05, 0) is 64.1 Å². The number of carbonyl (C=O) groups is 3. The fraction of sp³-hybridized carbons (Fsp3) is 0.391. The number of aromatic nitrogens is 1. The number of anilines is 3. The van der Waals surface area contributed by atoms with Crippen LogP contribution in [0.3, 0.4) is 0 Å². The van der Waals surface area contributed by atoms with E-state index in [4.69, 9.17) is 21.1 Å². The Bertz CT molecular complexity index is 1050. The number of likely N-dealkylation sites (N-methyl/N-ethyl adjacent to an activating group) is 1. The van der Waals surface area contributed by atoms with Crippen molar-refractivity contribution >= 4 is 47.1 Å². The topological polar surface area (TPSA) is 101 Å². The number of benzene rings is 1. The molecule has 0 unspecified atom stereocenters. The number of hydrogen-bond donors (Lipinski definition) is 1. The lowest BCUT2D eigenvalue weighted by molar-refractivity contribution is -0.120. The summed E-state index contributed by atoms with van der Waals surface area (Å²) >= 11 is 5.96. The average Bonchev–Trinajstić information content (AvgIpc) is 2.76. The molecule has 0 aliphatic carbocycles. The highest BCUT2D eigenvalue weighted by Gasteiger charge is 2.35. The first kappa shape index (κ1) is 24.3. The quantitative estimate of drug-likeness (QED) is 0.630. The molecule has 2 heterocycles. The third-order valence-electron chi connectivity index (χ3n) is 5.06. The number of nitrogens with zero attached hydrogens (tertiary/aromatic N) is 3. The van der Waals surface area contributed by atoms with Gasteiger partial charge in [0.1, 0.15) is 28.9 Å². The minimum Gasteiger partial charge on any atom is -0.466 e. The summed E-state index contributed by atoms with van der Waals surface area (Å²) < 4.78 is 10.9. The Balaban J connectivity index is 1.78. The monoisotopic (exact) mass is 474 g/mol. The van der Waals surface area contributed by atoms with Crippen molar-refractivity contribution in [1.29, 1.82) is 0 Å². The van der Waals surface area contributed by atoms with Gasteiger partial charge in [-0.25, -0.2) is 4.79 Å². The Kier molecular flexibility index (Phi) is 6.83. The van der Waals surface area contributed by atoms with Crippen molar-refractivity contribution in [3.63, 3.8) is 0 Å². The van der Waals surface area contributed by atoms with Gasteiger partial charge in [0.15, 0.2) is 6.61 Å². The van der Waals surface area contributed by atoms with E-state index in [1.54, 1.807) is 64.1 Å². The minimum absolute atomic E-state index is 0.0812. The van der Waals surface area contributed by atoms with Crippen LogP contribution >= 0.6 is 11.6 Å². The summed E-state index contributed by atoms with van der Waals surface area (Å²) in [6, 6.07) is 10.2. The first-order valence-corrected chi connectivity index (χ1v) is 10.7. The fourth-order valence-corrected chi connectivity index (χ4v) is 3.18. The lowest BCUT2D eigenvalue weighted by atomic mass is 10.0. The normalized spacial score (nSPS) is 15.1. The van der Waals surface area contributed by atoms with E-state index in [-0.39, 0.29) is 24.9 Å². The predicted molar refractivity (Wildman–Crippen MR) is 125 cm³/mol. The van der Waals surface area contributed by atoms with E-state index in [1.807, 2.05) is 0 Å². The molecule has 0 fully saturated rings. The van der Waals surface area contributed by atoms with Crippen LogP contribution in [0.4, 0.5) is 22.0 Å². The maximum absolute atomic E-state index is 12.5. The number of carbonyl (C=O) groups excluding carboxylic acids is 3. The maximum atomic E-state index is 12.5. The Morgan fingerprint density at radius 1 is 1.24 bits per heavy atom. The molecule has 1 atom stereocenters. The number of aldehydes is 1. The second-order valence-electron chi connectivity index (χ2n) is 8.88. The molecule has 1 aromatic carbocycles. The first-order valence-electron chi connectivity index (χ1n) is 10.3. The molecule has 33 heavy (non-hydrogen) atoms. The fourth-order valence-electron chi connectivity index (χ4n) is 3.06. The molecule has 2 aromatic rings. The number of pyridine rings is 1. The molecule has 1 aliphatic rings. The van der Waals surface area contributed by atoms with Crippen LogP contribution in [0.25, 0.3) is 0 Å². The standard InChI is InChI=1S/C23H27ClN4O5/c1-22(2,3)33-21(31)27(5)23(4,14-29)13-25-18-11-10-17-20(26-18)32-12-19(30)28(17)16-8-6-15(24)7-9-16/h6-11,14H,12-13H2,1-5H3,(H,25,26)/t23-/m0/s1. The maximum Gasteiger partial charge on any atom is 0.410 e. The molecule has 0 bridgehead atoms. The summed E-state index contributed by atoms with van der Waals surface area (Å²) in [5.74, 6) is 0.451. The first-order chi connectivity index (χ1) is 15.4. The van der Waals surface area contributed by atoms with E-state index in [2.05, 4.69) is 10.3 Å². The highest BCUT2D eigenvalue weighted by Crippen LogP contribution is 2.37. The molecule has 1 aromatic heterocycles. The van der Waals surface area contributed by atoms with Gasteiger partial charge in [0.25, 0.3) is 5.91 Å². The van der Waals surface area contributed by atoms with E-state index < -0.39 is 17.2 Å². The van der Waals surface area contributed by atoms with Gasteiger partial charge in [-0.3, -0.25) is 14.6 Å². The van der Waals surface area contributed by atoms with Gasteiger partial charge >= 0.3 is 6.09 Å². The molecule has 1 N–H and O–H groups in total. The third kappa shape index (κ3) is 5.54. The number of rotatable bonds is 6. The van der Waals surface area contributed by atoms with Crippen LogP contribution in [0.2, 0.25) is 5.02 Å². The predicted octanol–water partition coefficient (Wildman–Crippen LogP) is 4.03. The van der Waals surface area contributed by atoms with Crippen molar-refractivity contribution in [1.82, 2.24) is 9.88 Å². The molecule has 0 spiro atoms. The molecule has 9 nitrogen and oxygen atoms in total. The van der Waals surface area contributed by atoms with Gasteiger partial charge in [-0.1, -0.05) is 11.6 Å². The van der Waals surface area contributed by atoms with Crippen LogP contribution in [0.5, 0.6) is 5.88 Å². The smallest absolute Gasteiger partial charge is 0.410 e. The summed E-state index contributed by atoms with van der Waals surface area (Å²) in [5.41, 5.74) is -0.744. The molecular formula is C23H27ClN4O5. The molecule has 3 rings (SSSR count). The SMILES string of the molecule is CN(C(=O)OC(C)(C)C)[C@](C)(C=O)CNc1ccc2c(n1)OCC(=O)N2c1ccc(Cl)cc1. The van der Waals surface area contributed by atoms with Gasteiger partial charge in [-0.15, -0.1) is 0 Å². The summed E-state index contributed by atoms with van der Waals surface area (Å²) in [5, 5.41) is 3.63. The number of fused-ring (bicyclic) bond motifs is 1. The summed E-state index contributed by atoms with van der Waals surface area (Å²) in [4.78, 5) is 44.0. The molecule has 176 valence electrons. The Morgan fingerprint density at radius 2 is 1.91 bits per heavy atom. The number of hydrogen-bond acceptors (Lipinski definition) is 7. The highest BCUT2D eigenvalue weighted by molar-refractivity contribution is 6.30. The Labute approximate surface area is 197 Å². The number of halogens is 1. The van der Waals surface area contributed by atoms with E-state index in [9.17, 15) is 14.4 Å². The summed E-state index contributed by atoms with van der Waals surface area (Å²) in [6.45, 7) is 6.79. The Hall–Kier alpha value is -3.33. The minimum atomic E-state index is -1.19. The lowest BCUT2D eigenvalue weighted by Crippen LogP contribution is -2.54. The van der Waals surface area contributed by atoms with Gasteiger partial charge < -0.3 is 19.6 Å². The molecule has 0 saturated heterocycles. The second-order valence-corrected chi connectivity index (χ2v) is 9.32. The van der Waals surface area contributed by atoms with Crippen LogP contribution in [0.15, 0.2) is 36.4 Å². The number of ether oxygens (including phenoxy) is 2. The molecule has 2 amide bonds. The second kappa shape index (κ2) is 9.27. The van der Waals surface area contributed by atoms with Crippen LogP contribution in [-0.4, -0.2) is 59.5 Å². The largest absolute Gasteiger partial charge is 0.466 e. The van der Waals surface area contributed by atoms with Crippen molar-refractivity contribution < 1.29 is 23.9 Å². The third-order valence-corrected chi connectivity index (χ3v) is 5.31. The highest BCUT2D eigenvalue weighted by atomic mass is 35.5. The Morgan fingerprint density at radius 3 is 2.52 bits per heavy atom. The van der Waals surface area contributed by atoms with Crippen LogP contribution in [0.1, 0.15) is 27.7 Å². The van der Waals surface area contributed by atoms with Crippen LogP contribution < -0.4 is 15.0 Å².